The van der Waals surface area contributed by atoms with Crippen LogP contribution < -0.4 is 25.4 Å². The van der Waals surface area contributed by atoms with Crippen molar-refractivity contribution in [3.8, 4) is 23.1 Å². The first-order valence-corrected chi connectivity index (χ1v) is 16.5. The summed E-state index contributed by atoms with van der Waals surface area (Å²) in [6.45, 7) is 2.48. The largest absolute Gasteiger partial charge is 0.477 e. The van der Waals surface area contributed by atoms with Crippen LogP contribution in [0.3, 0.4) is 0 Å². The molecule has 258 valence electrons. The van der Waals surface area contributed by atoms with Gasteiger partial charge in [-0.1, -0.05) is 11.6 Å². The van der Waals surface area contributed by atoms with Crippen molar-refractivity contribution < 1.29 is 36.2 Å². The molecule has 1 aliphatic carbocycles. The number of nitrogens with two attached hydrogens (primary N) is 1. The van der Waals surface area contributed by atoms with Gasteiger partial charge in [-0.15, -0.1) is 0 Å². The molecule has 5 aliphatic rings. The Morgan fingerprint density at radius 1 is 1.15 bits per heavy atom. The molecule has 6 heterocycles. The number of halogens is 6. The molecular formula is C32H35ClF5N7O3. The fourth-order valence-corrected chi connectivity index (χ4v) is 8.25. The van der Waals surface area contributed by atoms with E-state index in [4.69, 9.17) is 36.5 Å². The van der Waals surface area contributed by atoms with Gasteiger partial charge in [0.15, 0.2) is 5.82 Å². The number of benzene rings is 1. The number of hydrogen-bond donors (Lipinski definition) is 2. The molecule has 3 aromatic rings. The van der Waals surface area contributed by atoms with Crippen LogP contribution in [0.25, 0.3) is 22.2 Å². The summed E-state index contributed by atoms with van der Waals surface area (Å²) in [5.74, 6) is -0.983. The molecule has 2 atom stereocenters. The van der Waals surface area contributed by atoms with Crippen LogP contribution in [-0.4, -0.2) is 95.7 Å². The maximum atomic E-state index is 16.9. The van der Waals surface area contributed by atoms with E-state index in [-0.39, 0.29) is 53.1 Å². The van der Waals surface area contributed by atoms with Crippen molar-refractivity contribution >= 4 is 34.0 Å². The number of anilines is 2. The van der Waals surface area contributed by atoms with Gasteiger partial charge in [0.1, 0.15) is 35.2 Å². The Hall–Kier alpha value is -3.27. The lowest BCUT2D eigenvalue weighted by molar-refractivity contribution is -0.137. The lowest BCUT2D eigenvalue weighted by Gasteiger charge is -2.52. The van der Waals surface area contributed by atoms with E-state index in [1.165, 1.54) is 0 Å². The van der Waals surface area contributed by atoms with Gasteiger partial charge in [0, 0.05) is 42.7 Å². The van der Waals surface area contributed by atoms with Crippen LogP contribution in [0.5, 0.6) is 11.9 Å². The third-order valence-corrected chi connectivity index (χ3v) is 11.1. The number of hydrogen-bond acceptors (Lipinski definition) is 10. The van der Waals surface area contributed by atoms with E-state index in [0.29, 0.717) is 39.1 Å². The molecule has 1 spiro atoms. The first-order valence-electron chi connectivity index (χ1n) is 16.1. The minimum Gasteiger partial charge on any atom is -0.477 e. The summed E-state index contributed by atoms with van der Waals surface area (Å²) in [5.41, 5.74) is 1.55. The monoisotopic (exact) mass is 695 g/mol. The van der Waals surface area contributed by atoms with Gasteiger partial charge in [-0.3, -0.25) is 4.90 Å². The Kier molecular flexibility index (Phi) is 7.41. The zero-order valence-electron chi connectivity index (χ0n) is 26.2. The van der Waals surface area contributed by atoms with Crippen molar-refractivity contribution in [1.29, 1.82) is 0 Å². The van der Waals surface area contributed by atoms with E-state index in [1.54, 1.807) is 0 Å². The Labute approximate surface area is 278 Å². The summed E-state index contributed by atoms with van der Waals surface area (Å²) < 4.78 is 92.7. The number of fused-ring (bicyclic) bond motifs is 1. The van der Waals surface area contributed by atoms with Crippen molar-refractivity contribution in [3.63, 3.8) is 0 Å². The van der Waals surface area contributed by atoms with Crippen molar-refractivity contribution in [2.24, 2.45) is 0 Å². The fraction of sp³-hybridized carbons (Fsp3) is 0.594. The number of likely N-dealkylation sites (N-methyl/N-ethyl adjacent to an activating group) is 1. The standard InChI is InChI=1S/C32H35ClF5N7O3/c1-40-29(4-5-29)13-45-26-21-25(42-28(43-26)48-16-30-3-2-7-44(30)12-17(34)11-30)23(35)24(41-27(21)47-8-6-31(45)14-46-15-31)19-9-18(39)10-20(33)22(19)32(36,37)38/h9-10,17,40H,2-8,11-16,39H2,1H3/t17-,30+/m1/s1. The van der Waals surface area contributed by atoms with Crippen molar-refractivity contribution in [1.82, 2.24) is 25.2 Å². The van der Waals surface area contributed by atoms with E-state index < -0.39 is 51.1 Å². The lowest BCUT2D eigenvalue weighted by Crippen LogP contribution is -2.66. The van der Waals surface area contributed by atoms with Crippen molar-refractivity contribution in [2.45, 2.75) is 67.5 Å². The van der Waals surface area contributed by atoms with Crippen LogP contribution in [0.1, 0.15) is 44.1 Å². The minimum absolute atomic E-state index is 0.0685. The summed E-state index contributed by atoms with van der Waals surface area (Å²) in [7, 11) is 1.89. The number of nitrogen functional groups attached to an aromatic ring is 1. The SMILES string of the molecule is CNC1(CN2c3nc(OC[C@@]45CCCN4C[C@H](F)C5)nc4c(F)c(-c5cc(N)cc(Cl)c5C(F)(F)F)nc(c34)OCCC23COC3)CC1. The van der Waals surface area contributed by atoms with E-state index in [9.17, 15) is 17.6 Å². The van der Waals surface area contributed by atoms with E-state index in [0.717, 1.165) is 44.4 Å². The summed E-state index contributed by atoms with van der Waals surface area (Å²) in [6, 6.07) is 1.76. The van der Waals surface area contributed by atoms with E-state index in [1.807, 2.05) is 7.05 Å². The second-order valence-corrected chi connectivity index (χ2v) is 14.3. The molecule has 3 N–H and O–H groups in total. The Morgan fingerprint density at radius 2 is 1.94 bits per heavy atom. The highest BCUT2D eigenvalue weighted by Crippen LogP contribution is 2.49. The summed E-state index contributed by atoms with van der Waals surface area (Å²) in [5, 5.41) is 2.82. The molecule has 16 heteroatoms. The summed E-state index contributed by atoms with van der Waals surface area (Å²) >= 11 is 6.05. The molecule has 4 fully saturated rings. The third kappa shape index (κ3) is 5.11. The van der Waals surface area contributed by atoms with Crippen molar-refractivity contribution in [3.05, 3.63) is 28.5 Å². The van der Waals surface area contributed by atoms with Gasteiger partial charge < -0.3 is 30.2 Å². The lowest BCUT2D eigenvalue weighted by atomic mass is 9.89. The number of alkyl halides is 4. The van der Waals surface area contributed by atoms with Crippen LogP contribution in [-0.2, 0) is 10.9 Å². The highest BCUT2D eigenvalue weighted by Gasteiger charge is 2.53. The fourth-order valence-electron chi connectivity index (χ4n) is 7.91. The molecule has 48 heavy (non-hydrogen) atoms. The third-order valence-electron chi connectivity index (χ3n) is 10.8. The van der Waals surface area contributed by atoms with Gasteiger partial charge in [-0.25, -0.2) is 13.8 Å². The number of rotatable bonds is 7. The normalized spacial score (nSPS) is 25.8. The second kappa shape index (κ2) is 11.1. The van der Waals surface area contributed by atoms with Gasteiger partial charge in [0.05, 0.1) is 41.5 Å². The van der Waals surface area contributed by atoms with Crippen LogP contribution in [0, 0.1) is 5.82 Å². The average Bonchev–Trinajstić information content (AvgIpc) is 3.57. The molecule has 1 saturated carbocycles. The van der Waals surface area contributed by atoms with Gasteiger partial charge in [-0.2, -0.15) is 23.1 Å². The Bertz CT molecular complexity index is 1790. The number of pyridine rings is 1. The first-order chi connectivity index (χ1) is 22.9. The Morgan fingerprint density at radius 3 is 2.62 bits per heavy atom. The summed E-state index contributed by atoms with van der Waals surface area (Å²) in [6.07, 6.45) is -1.76. The molecule has 0 bridgehead atoms. The van der Waals surface area contributed by atoms with Gasteiger partial charge in [-0.05, 0) is 51.4 Å². The number of nitrogens with one attached hydrogen (secondary N) is 1. The molecule has 10 nitrogen and oxygen atoms in total. The first kappa shape index (κ1) is 32.0. The van der Waals surface area contributed by atoms with Gasteiger partial charge in [0.2, 0.25) is 5.88 Å². The smallest absolute Gasteiger partial charge is 0.418 e. The van der Waals surface area contributed by atoms with Crippen LogP contribution in [0.4, 0.5) is 33.5 Å². The topological polar surface area (TPSA) is 111 Å². The summed E-state index contributed by atoms with van der Waals surface area (Å²) in [4.78, 5) is 17.8. The predicted molar refractivity (Wildman–Crippen MR) is 168 cm³/mol. The number of aromatic nitrogens is 3. The van der Waals surface area contributed by atoms with Gasteiger partial charge >= 0.3 is 12.2 Å². The molecule has 0 radical (unpaired) electrons. The molecule has 0 unspecified atom stereocenters. The average molecular weight is 696 g/mol. The Balaban J connectivity index is 1.34. The maximum Gasteiger partial charge on any atom is 0.418 e. The quantitative estimate of drug-likeness (QED) is 0.254. The highest BCUT2D eigenvalue weighted by molar-refractivity contribution is 6.32. The molecule has 3 saturated heterocycles. The molecule has 1 aromatic carbocycles. The molecule has 0 amide bonds. The molecule has 8 rings (SSSR count). The minimum atomic E-state index is -4.96. The number of ether oxygens (including phenoxy) is 3. The van der Waals surface area contributed by atoms with Crippen LogP contribution >= 0.6 is 11.6 Å². The molecular weight excluding hydrogens is 661 g/mol. The molecule has 2 aromatic heterocycles. The van der Waals surface area contributed by atoms with E-state index >= 15 is 4.39 Å². The van der Waals surface area contributed by atoms with Crippen LogP contribution in [0.15, 0.2) is 12.1 Å². The van der Waals surface area contributed by atoms with Crippen LogP contribution in [0.2, 0.25) is 5.02 Å². The zero-order valence-corrected chi connectivity index (χ0v) is 27.0. The van der Waals surface area contributed by atoms with E-state index in [2.05, 4.69) is 25.1 Å². The maximum absolute atomic E-state index is 16.9. The number of nitrogens with zero attached hydrogens (tertiary/aromatic N) is 5. The molecule has 4 aliphatic heterocycles. The predicted octanol–water partition coefficient (Wildman–Crippen LogP) is 5.15. The van der Waals surface area contributed by atoms with Crippen molar-refractivity contribution in [2.75, 3.05) is 63.7 Å². The zero-order chi connectivity index (χ0) is 33.6. The highest BCUT2D eigenvalue weighted by atomic mass is 35.5. The second-order valence-electron chi connectivity index (χ2n) is 13.9. The van der Waals surface area contributed by atoms with Gasteiger partial charge in [0.25, 0.3) is 0 Å².